The van der Waals surface area contributed by atoms with E-state index in [0.29, 0.717) is 19.1 Å². The first kappa shape index (κ1) is 9.00. The van der Waals surface area contributed by atoms with Gasteiger partial charge >= 0.3 is 5.97 Å². The van der Waals surface area contributed by atoms with Gasteiger partial charge in [-0.15, -0.1) is 0 Å². The van der Waals surface area contributed by atoms with Gasteiger partial charge in [0.05, 0.1) is 25.7 Å². The number of ether oxygens (including phenoxy) is 2. The molecule has 1 aliphatic heterocycles. The van der Waals surface area contributed by atoms with Gasteiger partial charge in [0, 0.05) is 5.41 Å². The standard InChI is InChI=1S/C10H16O3/c1-2-12-9(11)6-10(4-3-5-10)8-7-13-8/h8H,2-7H2,1H3. The second-order valence-electron chi connectivity index (χ2n) is 4.02. The van der Waals surface area contributed by atoms with Crippen LogP contribution in [0.3, 0.4) is 0 Å². The molecule has 1 atom stereocenters. The van der Waals surface area contributed by atoms with Crippen molar-refractivity contribution in [1.29, 1.82) is 0 Å². The SMILES string of the molecule is CCOC(=O)CC1(C2CO2)CCC1. The lowest BCUT2D eigenvalue weighted by Gasteiger charge is -2.39. The van der Waals surface area contributed by atoms with E-state index in [1.54, 1.807) is 0 Å². The maximum Gasteiger partial charge on any atom is 0.306 e. The molecule has 1 unspecified atom stereocenters. The largest absolute Gasteiger partial charge is 0.466 e. The van der Waals surface area contributed by atoms with E-state index in [2.05, 4.69) is 0 Å². The van der Waals surface area contributed by atoms with Gasteiger partial charge < -0.3 is 9.47 Å². The molecule has 0 radical (unpaired) electrons. The average Bonchev–Trinajstić information content (AvgIpc) is 2.80. The van der Waals surface area contributed by atoms with Crippen LogP contribution >= 0.6 is 0 Å². The maximum atomic E-state index is 11.3. The fraction of sp³-hybridized carbons (Fsp3) is 0.900. The summed E-state index contributed by atoms with van der Waals surface area (Å²) in [7, 11) is 0. The summed E-state index contributed by atoms with van der Waals surface area (Å²) in [5.74, 6) is -0.0577. The van der Waals surface area contributed by atoms with Gasteiger partial charge in [0.1, 0.15) is 0 Å². The molecule has 2 rings (SSSR count). The lowest BCUT2D eigenvalue weighted by atomic mass is 9.64. The molecule has 0 bridgehead atoms. The number of carbonyl (C=O) groups is 1. The fourth-order valence-corrected chi connectivity index (χ4v) is 2.14. The molecule has 1 saturated heterocycles. The highest BCUT2D eigenvalue weighted by Gasteiger charge is 2.52. The Morgan fingerprint density at radius 1 is 1.62 bits per heavy atom. The molecule has 0 aromatic heterocycles. The third kappa shape index (κ3) is 1.70. The van der Waals surface area contributed by atoms with Crippen molar-refractivity contribution in [1.82, 2.24) is 0 Å². The second-order valence-corrected chi connectivity index (χ2v) is 4.02. The highest BCUT2D eigenvalue weighted by Crippen LogP contribution is 2.52. The zero-order valence-corrected chi connectivity index (χ0v) is 8.04. The number of hydrogen-bond donors (Lipinski definition) is 0. The smallest absolute Gasteiger partial charge is 0.306 e. The minimum absolute atomic E-state index is 0.0577. The van der Waals surface area contributed by atoms with E-state index < -0.39 is 0 Å². The molecule has 74 valence electrons. The molecule has 2 aliphatic rings. The van der Waals surface area contributed by atoms with Crippen LogP contribution in [0, 0.1) is 5.41 Å². The first-order valence-electron chi connectivity index (χ1n) is 5.04. The van der Waals surface area contributed by atoms with Crippen molar-refractivity contribution in [3.63, 3.8) is 0 Å². The monoisotopic (exact) mass is 184 g/mol. The molecule has 1 aliphatic carbocycles. The van der Waals surface area contributed by atoms with Crippen LogP contribution < -0.4 is 0 Å². The predicted molar refractivity (Wildman–Crippen MR) is 47.3 cm³/mol. The van der Waals surface area contributed by atoms with E-state index in [1.807, 2.05) is 6.92 Å². The molecule has 0 amide bonds. The van der Waals surface area contributed by atoms with Crippen molar-refractivity contribution >= 4 is 5.97 Å². The topological polar surface area (TPSA) is 38.8 Å². The quantitative estimate of drug-likeness (QED) is 0.491. The summed E-state index contributed by atoms with van der Waals surface area (Å²) in [5, 5.41) is 0. The van der Waals surface area contributed by atoms with Crippen molar-refractivity contribution < 1.29 is 14.3 Å². The third-order valence-corrected chi connectivity index (χ3v) is 3.17. The van der Waals surface area contributed by atoms with E-state index in [0.717, 1.165) is 19.4 Å². The number of hydrogen-bond acceptors (Lipinski definition) is 3. The summed E-state index contributed by atoms with van der Waals surface area (Å²) in [5.41, 5.74) is 0.159. The minimum atomic E-state index is -0.0577. The number of esters is 1. The van der Waals surface area contributed by atoms with Crippen molar-refractivity contribution in [2.75, 3.05) is 13.2 Å². The Balaban J connectivity index is 1.86. The second kappa shape index (κ2) is 3.29. The van der Waals surface area contributed by atoms with Gasteiger partial charge in [-0.1, -0.05) is 6.42 Å². The minimum Gasteiger partial charge on any atom is -0.466 e. The average molecular weight is 184 g/mol. The van der Waals surface area contributed by atoms with E-state index in [9.17, 15) is 4.79 Å². The Bertz CT molecular complexity index is 204. The summed E-state index contributed by atoms with van der Waals surface area (Å²) >= 11 is 0. The molecule has 3 nitrogen and oxygen atoms in total. The Morgan fingerprint density at radius 3 is 2.69 bits per heavy atom. The molecule has 0 aromatic carbocycles. The molecule has 1 saturated carbocycles. The van der Waals surface area contributed by atoms with Crippen LogP contribution in [0.1, 0.15) is 32.6 Å². The Labute approximate surface area is 78.4 Å². The van der Waals surface area contributed by atoms with Crippen LogP contribution in [0.5, 0.6) is 0 Å². The molecule has 0 aromatic rings. The van der Waals surface area contributed by atoms with E-state index in [1.165, 1.54) is 6.42 Å². The number of rotatable bonds is 4. The summed E-state index contributed by atoms with van der Waals surface area (Å²) in [4.78, 5) is 11.3. The van der Waals surface area contributed by atoms with Gasteiger partial charge in [-0.2, -0.15) is 0 Å². The first-order chi connectivity index (χ1) is 6.27. The highest BCUT2D eigenvalue weighted by molar-refractivity contribution is 5.70. The number of carbonyl (C=O) groups excluding carboxylic acids is 1. The summed E-state index contributed by atoms with van der Waals surface area (Å²) in [6, 6.07) is 0. The van der Waals surface area contributed by atoms with E-state index >= 15 is 0 Å². The van der Waals surface area contributed by atoms with Crippen molar-refractivity contribution in [3.05, 3.63) is 0 Å². The zero-order valence-electron chi connectivity index (χ0n) is 8.04. The lowest BCUT2D eigenvalue weighted by molar-refractivity contribution is -0.148. The van der Waals surface area contributed by atoms with Crippen molar-refractivity contribution in [2.45, 2.75) is 38.7 Å². The van der Waals surface area contributed by atoms with E-state index in [-0.39, 0.29) is 11.4 Å². The Morgan fingerprint density at radius 2 is 2.31 bits per heavy atom. The van der Waals surface area contributed by atoms with Crippen molar-refractivity contribution in [3.8, 4) is 0 Å². The summed E-state index contributed by atoms with van der Waals surface area (Å²) in [6.07, 6.45) is 4.42. The van der Waals surface area contributed by atoms with Crippen LogP contribution in [0.2, 0.25) is 0 Å². The predicted octanol–water partition coefficient (Wildman–Crippen LogP) is 1.51. The van der Waals surface area contributed by atoms with Crippen LogP contribution in [0.15, 0.2) is 0 Å². The van der Waals surface area contributed by atoms with Crippen molar-refractivity contribution in [2.24, 2.45) is 5.41 Å². The van der Waals surface area contributed by atoms with Crippen LogP contribution in [0.25, 0.3) is 0 Å². The molecule has 0 N–H and O–H groups in total. The van der Waals surface area contributed by atoms with Gasteiger partial charge in [-0.05, 0) is 19.8 Å². The zero-order chi connectivity index (χ0) is 9.31. The van der Waals surface area contributed by atoms with Gasteiger partial charge in [0.15, 0.2) is 0 Å². The molecule has 2 fully saturated rings. The Hall–Kier alpha value is -0.570. The maximum absolute atomic E-state index is 11.3. The Kier molecular flexibility index (Phi) is 2.28. The van der Waals surface area contributed by atoms with Gasteiger partial charge in [0.2, 0.25) is 0 Å². The first-order valence-corrected chi connectivity index (χ1v) is 5.04. The molecular formula is C10H16O3. The molecule has 3 heteroatoms. The van der Waals surface area contributed by atoms with Crippen LogP contribution in [0.4, 0.5) is 0 Å². The molecule has 1 heterocycles. The van der Waals surface area contributed by atoms with Gasteiger partial charge in [0.25, 0.3) is 0 Å². The van der Waals surface area contributed by atoms with Gasteiger partial charge in [-0.3, -0.25) is 4.79 Å². The fourth-order valence-electron chi connectivity index (χ4n) is 2.14. The van der Waals surface area contributed by atoms with E-state index in [4.69, 9.17) is 9.47 Å². The van der Waals surface area contributed by atoms with Crippen LogP contribution in [-0.4, -0.2) is 25.3 Å². The van der Waals surface area contributed by atoms with Gasteiger partial charge in [-0.25, -0.2) is 0 Å². The third-order valence-electron chi connectivity index (χ3n) is 3.17. The lowest BCUT2D eigenvalue weighted by Crippen LogP contribution is -2.37. The molecular weight excluding hydrogens is 168 g/mol. The highest BCUT2D eigenvalue weighted by atomic mass is 16.6. The number of epoxide rings is 1. The van der Waals surface area contributed by atoms with Crippen LogP contribution in [-0.2, 0) is 14.3 Å². The molecule has 13 heavy (non-hydrogen) atoms. The summed E-state index contributed by atoms with van der Waals surface area (Å²) < 4.78 is 10.2. The molecule has 0 spiro atoms. The normalized spacial score (nSPS) is 29.2. The summed E-state index contributed by atoms with van der Waals surface area (Å²) in [6.45, 7) is 3.18.